The number of nitrogens with zero attached hydrogens (tertiary/aromatic N) is 1. The summed E-state index contributed by atoms with van der Waals surface area (Å²) in [4.78, 5) is 10.9. The van der Waals surface area contributed by atoms with Crippen LogP contribution in [0.15, 0.2) is 24.3 Å². The van der Waals surface area contributed by atoms with Gasteiger partial charge in [0.1, 0.15) is 0 Å². The number of hydrogen-bond acceptors (Lipinski definition) is 3. The van der Waals surface area contributed by atoms with E-state index in [0.717, 1.165) is 16.3 Å². The molecule has 0 saturated carbocycles. The van der Waals surface area contributed by atoms with Crippen LogP contribution in [0.3, 0.4) is 0 Å². The van der Waals surface area contributed by atoms with Crippen LogP contribution in [-0.4, -0.2) is 31.7 Å². The third-order valence-corrected chi connectivity index (χ3v) is 4.49. The van der Waals surface area contributed by atoms with Gasteiger partial charge in [0, 0.05) is 0 Å². The molecule has 1 amide bonds. The minimum absolute atomic E-state index is 0.168. The number of benzene rings is 1. The summed E-state index contributed by atoms with van der Waals surface area (Å²) < 4.78 is 25.4. The first kappa shape index (κ1) is 16.2. The molecule has 0 aliphatic carbocycles. The monoisotopic (exact) mass is 294 g/mol. The van der Waals surface area contributed by atoms with E-state index < -0.39 is 22.5 Å². The minimum Gasteiger partial charge on any atom is -0.369 e. The molecule has 2 N–H and O–H groups in total. The summed E-state index contributed by atoms with van der Waals surface area (Å²) in [5.41, 5.74) is 6.76. The zero-order valence-electron chi connectivity index (χ0n) is 11.4. The number of hydrogen-bond donors (Lipinski definition) is 1. The van der Waals surface area contributed by atoms with Crippen molar-refractivity contribution in [3.05, 3.63) is 35.4 Å². The molecule has 0 spiro atoms. The van der Waals surface area contributed by atoms with Crippen LogP contribution in [0, 0.1) is 12.3 Å². The van der Waals surface area contributed by atoms with Gasteiger partial charge in [0.15, 0.2) is 0 Å². The Morgan fingerprint density at radius 1 is 1.40 bits per heavy atom. The summed E-state index contributed by atoms with van der Waals surface area (Å²) in [7, 11) is -3.67. The fourth-order valence-corrected chi connectivity index (χ4v) is 3.15. The van der Waals surface area contributed by atoms with E-state index in [1.807, 2.05) is 25.1 Å². The van der Waals surface area contributed by atoms with Gasteiger partial charge in [-0.3, -0.25) is 4.79 Å². The lowest BCUT2D eigenvalue weighted by Crippen LogP contribution is -2.39. The van der Waals surface area contributed by atoms with Gasteiger partial charge >= 0.3 is 0 Å². The van der Waals surface area contributed by atoms with Crippen molar-refractivity contribution in [2.24, 2.45) is 5.73 Å². The fraction of sp³-hybridized carbons (Fsp3) is 0.357. The molecule has 0 aromatic heterocycles. The van der Waals surface area contributed by atoms with E-state index in [9.17, 15) is 13.2 Å². The number of amides is 1. The van der Waals surface area contributed by atoms with Crippen molar-refractivity contribution in [2.45, 2.75) is 19.1 Å². The highest BCUT2D eigenvalue weighted by molar-refractivity contribution is 7.88. The van der Waals surface area contributed by atoms with Gasteiger partial charge in [0.25, 0.3) is 0 Å². The summed E-state index contributed by atoms with van der Waals surface area (Å²) in [6.07, 6.45) is 5.96. The second kappa shape index (κ2) is 7.08. The Kier molecular flexibility index (Phi) is 5.74. The lowest BCUT2D eigenvalue weighted by molar-refractivity contribution is -0.118. The molecular weight excluding hydrogens is 276 g/mol. The van der Waals surface area contributed by atoms with E-state index in [1.54, 1.807) is 6.07 Å². The molecule has 0 bridgehead atoms. The highest BCUT2D eigenvalue weighted by atomic mass is 32.2. The van der Waals surface area contributed by atoms with Crippen molar-refractivity contribution in [3.8, 4) is 12.3 Å². The molecule has 1 aromatic rings. The minimum atomic E-state index is -3.67. The number of carbonyl (C=O) groups excluding carboxylic acids is 1. The average Bonchev–Trinajstić information content (AvgIpc) is 2.37. The Labute approximate surface area is 119 Å². The third kappa shape index (κ3) is 4.68. The van der Waals surface area contributed by atoms with Gasteiger partial charge in [0.2, 0.25) is 15.9 Å². The summed E-state index contributed by atoms with van der Waals surface area (Å²) in [5.74, 6) is 1.30. The molecule has 0 unspecified atom stereocenters. The molecule has 1 aromatic carbocycles. The molecular formula is C14H18N2O3S. The molecule has 6 heteroatoms. The number of rotatable bonds is 7. The molecule has 0 fully saturated rings. The fourth-order valence-electron chi connectivity index (χ4n) is 1.77. The smallest absolute Gasteiger partial charge is 0.232 e. The standard InChI is InChI=1S/C14H18N2O3S/c1-3-8-16(10-14(15)17)20(18,19)11-13-7-5-6-12(4-2)9-13/h1,5-7,9H,4,8,10-11H2,2H3,(H2,15,17). The average molecular weight is 294 g/mol. The topological polar surface area (TPSA) is 80.5 Å². The number of nitrogens with two attached hydrogens (primary N) is 1. The maximum absolute atomic E-state index is 12.2. The number of aryl methyl sites for hydroxylation is 1. The van der Waals surface area contributed by atoms with Crippen LogP contribution in [0.2, 0.25) is 0 Å². The Hall–Kier alpha value is -1.84. The van der Waals surface area contributed by atoms with Crippen LogP contribution in [-0.2, 0) is 27.0 Å². The van der Waals surface area contributed by atoms with Crippen LogP contribution < -0.4 is 5.73 Å². The number of terminal acetylenes is 1. The number of carbonyl (C=O) groups is 1. The van der Waals surface area contributed by atoms with Gasteiger partial charge in [-0.25, -0.2) is 8.42 Å². The zero-order valence-corrected chi connectivity index (χ0v) is 12.2. The summed E-state index contributed by atoms with van der Waals surface area (Å²) >= 11 is 0. The lowest BCUT2D eigenvalue weighted by atomic mass is 10.1. The summed E-state index contributed by atoms with van der Waals surface area (Å²) in [6.45, 7) is 1.42. The molecule has 0 atom stereocenters. The maximum Gasteiger partial charge on any atom is 0.232 e. The first-order chi connectivity index (χ1) is 9.39. The Balaban J connectivity index is 2.96. The Bertz CT molecular complexity index is 618. The molecule has 1 rings (SSSR count). The van der Waals surface area contributed by atoms with E-state index in [4.69, 9.17) is 12.2 Å². The molecule has 5 nitrogen and oxygen atoms in total. The van der Waals surface area contributed by atoms with Crippen LogP contribution in [0.1, 0.15) is 18.1 Å². The van der Waals surface area contributed by atoms with E-state index in [1.165, 1.54) is 0 Å². The van der Waals surface area contributed by atoms with Crippen molar-refractivity contribution in [1.29, 1.82) is 0 Å². The van der Waals surface area contributed by atoms with E-state index in [-0.39, 0.29) is 12.3 Å². The van der Waals surface area contributed by atoms with Crippen molar-refractivity contribution in [1.82, 2.24) is 4.31 Å². The van der Waals surface area contributed by atoms with Gasteiger partial charge < -0.3 is 5.73 Å². The predicted octanol–water partition coefficient (Wildman–Crippen LogP) is 0.499. The largest absolute Gasteiger partial charge is 0.369 e. The van der Waals surface area contributed by atoms with Gasteiger partial charge in [-0.05, 0) is 17.5 Å². The van der Waals surface area contributed by atoms with Gasteiger partial charge in [-0.15, -0.1) is 6.42 Å². The quantitative estimate of drug-likeness (QED) is 0.744. The summed E-state index contributed by atoms with van der Waals surface area (Å²) in [5, 5.41) is 0. The molecule has 0 aliphatic rings. The van der Waals surface area contributed by atoms with E-state index in [2.05, 4.69) is 5.92 Å². The van der Waals surface area contributed by atoms with Crippen molar-refractivity contribution >= 4 is 15.9 Å². The molecule has 20 heavy (non-hydrogen) atoms. The summed E-state index contributed by atoms with van der Waals surface area (Å²) in [6, 6.07) is 7.30. The molecule has 0 aliphatic heterocycles. The first-order valence-corrected chi connectivity index (χ1v) is 7.77. The van der Waals surface area contributed by atoms with Crippen LogP contribution in [0.4, 0.5) is 0 Å². The van der Waals surface area contributed by atoms with Crippen molar-refractivity contribution < 1.29 is 13.2 Å². The second-order valence-corrected chi connectivity index (χ2v) is 6.34. The predicted molar refractivity (Wildman–Crippen MR) is 78.0 cm³/mol. The molecule has 108 valence electrons. The lowest BCUT2D eigenvalue weighted by Gasteiger charge is -2.18. The van der Waals surface area contributed by atoms with Crippen molar-refractivity contribution in [2.75, 3.05) is 13.1 Å². The van der Waals surface area contributed by atoms with Gasteiger partial charge in [-0.2, -0.15) is 4.31 Å². The van der Waals surface area contributed by atoms with Gasteiger partial charge in [-0.1, -0.05) is 37.1 Å². The zero-order chi connectivity index (χ0) is 15.2. The SMILES string of the molecule is C#CCN(CC(N)=O)S(=O)(=O)Cc1cccc(CC)c1. The van der Waals surface area contributed by atoms with Crippen LogP contribution in [0.5, 0.6) is 0 Å². The van der Waals surface area contributed by atoms with E-state index in [0.29, 0.717) is 5.56 Å². The molecule has 0 saturated heterocycles. The number of primary amides is 1. The highest BCUT2D eigenvalue weighted by Crippen LogP contribution is 2.13. The number of sulfonamides is 1. The molecule has 0 heterocycles. The van der Waals surface area contributed by atoms with Crippen LogP contribution >= 0.6 is 0 Å². The highest BCUT2D eigenvalue weighted by Gasteiger charge is 2.23. The van der Waals surface area contributed by atoms with E-state index >= 15 is 0 Å². The first-order valence-electron chi connectivity index (χ1n) is 6.16. The Morgan fingerprint density at radius 2 is 2.05 bits per heavy atom. The maximum atomic E-state index is 12.2. The Morgan fingerprint density at radius 3 is 2.60 bits per heavy atom. The third-order valence-electron chi connectivity index (χ3n) is 2.74. The normalized spacial score (nSPS) is 11.2. The molecule has 0 radical (unpaired) electrons. The van der Waals surface area contributed by atoms with Gasteiger partial charge in [0.05, 0.1) is 18.8 Å². The van der Waals surface area contributed by atoms with Crippen molar-refractivity contribution in [3.63, 3.8) is 0 Å². The van der Waals surface area contributed by atoms with Crippen LogP contribution in [0.25, 0.3) is 0 Å². The second-order valence-electron chi connectivity index (χ2n) is 4.37.